The zero-order valence-corrected chi connectivity index (χ0v) is 15.0. The second kappa shape index (κ2) is 10.7. The van der Waals surface area contributed by atoms with E-state index in [1.54, 1.807) is 6.07 Å². The average Bonchev–Trinajstić information content (AvgIpc) is 2.64. The first-order valence-corrected chi connectivity index (χ1v) is 9.03. The maximum absolute atomic E-state index is 9.77. The van der Waals surface area contributed by atoms with Crippen LogP contribution in [0.4, 0.5) is 0 Å². The van der Waals surface area contributed by atoms with Crippen molar-refractivity contribution in [3.8, 4) is 6.07 Å². The first-order chi connectivity index (χ1) is 12.2. The van der Waals surface area contributed by atoms with E-state index in [1.807, 2.05) is 0 Å². The smallest absolute Gasteiger partial charge is 0.0587 e. The van der Waals surface area contributed by atoms with Crippen LogP contribution in [0.5, 0.6) is 0 Å². The number of rotatable bonds is 5. The molecule has 0 aliphatic heterocycles. The summed E-state index contributed by atoms with van der Waals surface area (Å²) in [7, 11) is 0. The topological polar surface area (TPSA) is 47.3 Å². The first kappa shape index (κ1) is 19.2. The molecule has 1 aliphatic carbocycles. The summed E-state index contributed by atoms with van der Waals surface area (Å²) in [6.45, 7) is 3.40. The lowest BCUT2D eigenvalue weighted by Crippen LogP contribution is -2.38. The van der Waals surface area contributed by atoms with Gasteiger partial charge in [-0.25, -0.2) is 0 Å². The minimum absolute atomic E-state index is 0.0912. The van der Waals surface area contributed by atoms with Gasteiger partial charge in [-0.15, -0.1) is 0 Å². The van der Waals surface area contributed by atoms with E-state index in [0.29, 0.717) is 6.04 Å². The minimum atomic E-state index is -0.0912. The van der Waals surface area contributed by atoms with Crippen LogP contribution in [0.15, 0.2) is 60.7 Å². The van der Waals surface area contributed by atoms with Crippen molar-refractivity contribution in [3.63, 3.8) is 0 Å². The molecule has 0 aromatic heterocycles. The quantitative estimate of drug-likeness (QED) is 0.873. The van der Waals surface area contributed by atoms with Gasteiger partial charge in [-0.3, -0.25) is 4.90 Å². The largest absolute Gasteiger partial charge is 0.393 e. The van der Waals surface area contributed by atoms with Gasteiger partial charge >= 0.3 is 0 Å². The lowest BCUT2D eigenvalue weighted by Gasteiger charge is -2.36. The van der Waals surface area contributed by atoms with Crippen molar-refractivity contribution < 1.29 is 5.11 Å². The number of aliphatic hydroxyl groups is 1. The Bertz CT molecular complexity index is 587. The van der Waals surface area contributed by atoms with Crippen LogP contribution in [0, 0.1) is 11.3 Å². The number of aliphatic hydroxyl groups excluding tert-OH is 1. The summed E-state index contributed by atoms with van der Waals surface area (Å²) in [4.78, 5) is 2.58. The Hall–Kier alpha value is -2.15. The number of nitriles is 1. The lowest BCUT2D eigenvalue weighted by molar-refractivity contribution is 0.0666. The third-order valence-electron chi connectivity index (χ3n) is 4.64. The van der Waals surface area contributed by atoms with Gasteiger partial charge in [-0.2, -0.15) is 5.26 Å². The Morgan fingerprint density at radius 1 is 0.880 bits per heavy atom. The SMILES string of the molecule is CC#N.OC1CCC(N(Cc2ccccc2)Cc2ccccc2)CC1. The van der Waals surface area contributed by atoms with Crippen LogP contribution in [0.3, 0.4) is 0 Å². The molecule has 1 fully saturated rings. The number of benzene rings is 2. The maximum atomic E-state index is 9.77. The van der Waals surface area contributed by atoms with Gasteiger partial charge in [0.05, 0.1) is 12.2 Å². The van der Waals surface area contributed by atoms with Gasteiger partial charge in [-0.1, -0.05) is 60.7 Å². The highest BCUT2D eigenvalue weighted by atomic mass is 16.3. The summed E-state index contributed by atoms with van der Waals surface area (Å²) in [6.07, 6.45) is 3.98. The van der Waals surface area contributed by atoms with Crippen LogP contribution in [0.25, 0.3) is 0 Å². The van der Waals surface area contributed by atoms with Crippen molar-refractivity contribution in [2.24, 2.45) is 0 Å². The van der Waals surface area contributed by atoms with E-state index < -0.39 is 0 Å². The third kappa shape index (κ3) is 6.70. The minimum Gasteiger partial charge on any atom is -0.393 e. The molecular weight excluding hydrogens is 308 g/mol. The van der Waals surface area contributed by atoms with Crippen LogP contribution in [0.2, 0.25) is 0 Å². The Kier molecular flexibility index (Phi) is 8.18. The number of nitrogens with zero attached hydrogens (tertiary/aromatic N) is 2. The molecule has 0 unspecified atom stereocenters. The van der Waals surface area contributed by atoms with E-state index in [4.69, 9.17) is 5.26 Å². The highest BCUT2D eigenvalue weighted by Gasteiger charge is 2.25. The predicted molar refractivity (Wildman–Crippen MR) is 102 cm³/mol. The van der Waals surface area contributed by atoms with Crippen molar-refractivity contribution in [1.82, 2.24) is 4.90 Å². The van der Waals surface area contributed by atoms with Gasteiger partial charge in [0.2, 0.25) is 0 Å². The fourth-order valence-corrected chi connectivity index (χ4v) is 3.37. The summed E-state index contributed by atoms with van der Waals surface area (Å²) in [5, 5.41) is 17.1. The van der Waals surface area contributed by atoms with Crippen molar-refractivity contribution >= 4 is 0 Å². The molecule has 2 aromatic carbocycles. The average molecular weight is 336 g/mol. The molecular formula is C22H28N2O. The second-order valence-electron chi connectivity index (χ2n) is 6.56. The zero-order chi connectivity index (χ0) is 17.9. The Morgan fingerprint density at radius 3 is 1.68 bits per heavy atom. The monoisotopic (exact) mass is 336 g/mol. The molecule has 3 rings (SSSR count). The third-order valence-corrected chi connectivity index (χ3v) is 4.64. The van der Waals surface area contributed by atoms with Crippen molar-refractivity contribution in [1.29, 1.82) is 5.26 Å². The molecule has 0 saturated heterocycles. The van der Waals surface area contributed by atoms with Gasteiger partial charge in [-0.05, 0) is 36.8 Å². The van der Waals surface area contributed by atoms with Gasteiger partial charge < -0.3 is 5.11 Å². The van der Waals surface area contributed by atoms with Crippen LogP contribution in [-0.2, 0) is 13.1 Å². The normalized spacial score (nSPS) is 19.6. The summed E-state index contributed by atoms with van der Waals surface area (Å²) in [5.41, 5.74) is 2.73. The molecule has 0 atom stereocenters. The van der Waals surface area contributed by atoms with Crippen molar-refractivity contribution in [2.75, 3.05) is 0 Å². The van der Waals surface area contributed by atoms with Crippen LogP contribution < -0.4 is 0 Å². The number of hydrogen-bond acceptors (Lipinski definition) is 3. The standard InChI is InChI=1S/C20H25NO.C2H3N/c22-20-13-11-19(12-14-20)21(15-17-7-3-1-4-8-17)16-18-9-5-2-6-10-18;1-2-3/h1-10,19-20,22H,11-16H2;1H3. The maximum Gasteiger partial charge on any atom is 0.0587 e. The molecule has 0 amide bonds. The van der Waals surface area contributed by atoms with E-state index in [2.05, 4.69) is 65.6 Å². The predicted octanol–water partition coefficient (Wildman–Crippen LogP) is 4.52. The molecule has 3 nitrogen and oxygen atoms in total. The van der Waals surface area contributed by atoms with Crippen LogP contribution in [-0.4, -0.2) is 22.2 Å². The molecule has 0 heterocycles. The Morgan fingerprint density at radius 2 is 1.28 bits per heavy atom. The summed E-state index contributed by atoms with van der Waals surface area (Å²) in [5.74, 6) is 0. The fourth-order valence-electron chi connectivity index (χ4n) is 3.37. The summed E-state index contributed by atoms with van der Waals surface area (Å²) >= 11 is 0. The number of hydrogen-bond donors (Lipinski definition) is 1. The van der Waals surface area contributed by atoms with Gasteiger partial charge in [0.1, 0.15) is 0 Å². The second-order valence-corrected chi connectivity index (χ2v) is 6.56. The molecule has 0 bridgehead atoms. The summed E-state index contributed by atoms with van der Waals surface area (Å²) < 4.78 is 0. The molecule has 1 N–H and O–H groups in total. The highest BCUT2D eigenvalue weighted by molar-refractivity contribution is 5.17. The van der Waals surface area contributed by atoms with Crippen molar-refractivity contribution in [2.45, 2.75) is 57.8 Å². The molecule has 2 aromatic rings. The Balaban J connectivity index is 0.000000701. The van der Waals surface area contributed by atoms with Gasteiger partial charge in [0.25, 0.3) is 0 Å². The van der Waals surface area contributed by atoms with E-state index in [9.17, 15) is 5.11 Å². The van der Waals surface area contributed by atoms with E-state index in [0.717, 1.165) is 38.8 Å². The van der Waals surface area contributed by atoms with Crippen molar-refractivity contribution in [3.05, 3.63) is 71.8 Å². The van der Waals surface area contributed by atoms with Gasteiger partial charge in [0.15, 0.2) is 0 Å². The molecule has 25 heavy (non-hydrogen) atoms. The molecule has 3 heteroatoms. The first-order valence-electron chi connectivity index (χ1n) is 9.03. The lowest BCUT2D eigenvalue weighted by atomic mass is 9.91. The molecule has 0 spiro atoms. The van der Waals surface area contributed by atoms with Crippen LogP contribution in [0.1, 0.15) is 43.7 Å². The van der Waals surface area contributed by atoms with E-state index >= 15 is 0 Å². The van der Waals surface area contributed by atoms with Crippen LogP contribution >= 0.6 is 0 Å². The highest BCUT2D eigenvalue weighted by Crippen LogP contribution is 2.26. The molecule has 1 saturated carbocycles. The fraction of sp³-hybridized carbons (Fsp3) is 0.409. The molecule has 1 aliphatic rings. The van der Waals surface area contributed by atoms with E-state index in [-0.39, 0.29) is 6.10 Å². The zero-order valence-electron chi connectivity index (χ0n) is 15.0. The molecule has 0 radical (unpaired) electrons. The summed E-state index contributed by atoms with van der Waals surface area (Å²) in [6, 6.07) is 23.7. The van der Waals surface area contributed by atoms with Gasteiger partial charge in [0, 0.05) is 26.1 Å². The van der Waals surface area contributed by atoms with E-state index in [1.165, 1.54) is 18.1 Å². The molecule has 132 valence electrons. The Labute approximate surface area is 151 Å².